The summed E-state index contributed by atoms with van der Waals surface area (Å²) in [6.07, 6.45) is 1.49. The van der Waals surface area contributed by atoms with Crippen LogP contribution in [-0.2, 0) is 4.74 Å². The van der Waals surface area contributed by atoms with Crippen molar-refractivity contribution in [1.29, 1.82) is 0 Å². The van der Waals surface area contributed by atoms with Gasteiger partial charge < -0.3 is 9.26 Å². The van der Waals surface area contributed by atoms with Crippen molar-refractivity contribution in [1.82, 2.24) is 24.9 Å². The topological polar surface area (TPSA) is 78.9 Å². The van der Waals surface area contributed by atoms with Crippen LogP contribution in [0.3, 0.4) is 0 Å². The Morgan fingerprint density at radius 3 is 2.68 bits per heavy atom. The Morgan fingerprint density at radius 1 is 1.27 bits per heavy atom. The van der Waals surface area contributed by atoms with Crippen molar-refractivity contribution in [3.05, 3.63) is 41.6 Å². The molecule has 0 spiro atoms. The quantitative estimate of drug-likeness (QED) is 0.737. The van der Waals surface area contributed by atoms with E-state index in [0.717, 1.165) is 22.8 Å². The molecule has 7 heteroatoms. The van der Waals surface area contributed by atoms with Crippen molar-refractivity contribution in [3.8, 4) is 17.3 Å². The second-order valence-electron chi connectivity index (χ2n) is 5.08. The van der Waals surface area contributed by atoms with Crippen molar-refractivity contribution in [3.63, 3.8) is 0 Å². The number of pyridine rings is 1. The number of hydrogen-bond acceptors (Lipinski definition) is 6. The second kappa shape index (κ2) is 5.69. The maximum Gasteiger partial charge on any atom is 0.259 e. The molecular formula is C15H17N5O2. The summed E-state index contributed by atoms with van der Waals surface area (Å²) in [5, 5.41) is 8.31. The Labute approximate surface area is 127 Å². The predicted octanol–water partition coefficient (Wildman–Crippen LogP) is 2.64. The first kappa shape index (κ1) is 14.4. The van der Waals surface area contributed by atoms with Crippen molar-refractivity contribution >= 4 is 0 Å². The van der Waals surface area contributed by atoms with E-state index in [4.69, 9.17) is 9.26 Å². The molecule has 0 aliphatic heterocycles. The second-order valence-corrected chi connectivity index (χ2v) is 5.08. The molecular weight excluding hydrogens is 282 g/mol. The summed E-state index contributed by atoms with van der Waals surface area (Å²) in [5.41, 5.74) is 2.75. The van der Waals surface area contributed by atoms with E-state index in [1.54, 1.807) is 18.0 Å². The van der Waals surface area contributed by atoms with Gasteiger partial charge in [-0.2, -0.15) is 10.1 Å². The van der Waals surface area contributed by atoms with E-state index in [1.807, 2.05) is 39.0 Å². The summed E-state index contributed by atoms with van der Waals surface area (Å²) in [7, 11) is 1.60. The zero-order chi connectivity index (χ0) is 15.7. The average Bonchev–Trinajstić information content (AvgIpc) is 3.13. The van der Waals surface area contributed by atoms with Crippen LogP contribution in [0.4, 0.5) is 0 Å². The van der Waals surface area contributed by atoms with E-state index in [2.05, 4.69) is 20.2 Å². The van der Waals surface area contributed by atoms with Crippen LogP contribution in [0.5, 0.6) is 0 Å². The number of rotatable bonds is 4. The highest BCUT2D eigenvalue weighted by molar-refractivity contribution is 5.52. The summed E-state index contributed by atoms with van der Waals surface area (Å²) in [6, 6.07) is 5.76. The number of methoxy groups -OCH3 is 1. The molecule has 0 unspecified atom stereocenters. The highest BCUT2D eigenvalue weighted by Gasteiger charge is 2.14. The van der Waals surface area contributed by atoms with Gasteiger partial charge in [-0.1, -0.05) is 5.16 Å². The van der Waals surface area contributed by atoms with Crippen LogP contribution in [0.2, 0.25) is 0 Å². The normalized spacial score (nSPS) is 12.5. The van der Waals surface area contributed by atoms with E-state index in [-0.39, 0.29) is 6.10 Å². The maximum atomic E-state index is 5.24. The van der Waals surface area contributed by atoms with Crippen LogP contribution in [-0.4, -0.2) is 32.0 Å². The lowest BCUT2D eigenvalue weighted by atomic mass is 10.3. The van der Waals surface area contributed by atoms with Gasteiger partial charge in [0.05, 0.1) is 11.3 Å². The molecule has 3 aromatic heterocycles. The number of aromatic nitrogens is 5. The fraction of sp³-hybridized carbons (Fsp3) is 0.333. The zero-order valence-corrected chi connectivity index (χ0v) is 12.9. The van der Waals surface area contributed by atoms with Crippen LogP contribution in [0, 0.1) is 13.8 Å². The molecule has 0 aromatic carbocycles. The molecule has 0 amide bonds. The van der Waals surface area contributed by atoms with Gasteiger partial charge in [-0.3, -0.25) is 0 Å². The van der Waals surface area contributed by atoms with Crippen LogP contribution in [0.25, 0.3) is 17.3 Å². The van der Waals surface area contributed by atoms with Gasteiger partial charge in [-0.25, -0.2) is 9.67 Å². The lowest BCUT2D eigenvalue weighted by Gasteiger charge is -2.03. The fourth-order valence-corrected chi connectivity index (χ4v) is 2.12. The van der Waals surface area contributed by atoms with Crippen LogP contribution >= 0.6 is 0 Å². The van der Waals surface area contributed by atoms with Gasteiger partial charge in [0, 0.05) is 19.0 Å². The van der Waals surface area contributed by atoms with Gasteiger partial charge in [-0.05, 0) is 39.0 Å². The predicted molar refractivity (Wildman–Crippen MR) is 79.5 cm³/mol. The number of nitrogens with zero attached hydrogens (tertiary/aromatic N) is 5. The molecule has 0 N–H and O–H groups in total. The highest BCUT2D eigenvalue weighted by atomic mass is 16.5. The highest BCUT2D eigenvalue weighted by Crippen LogP contribution is 2.20. The number of ether oxygens (including phenoxy) is 1. The molecule has 0 radical (unpaired) electrons. The lowest BCUT2D eigenvalue weighted by molar-refractivity contribution is 0.109. The Morgan fingerprint density at radius 2 is 2.09 bits per heavy atom. The van der Waals surface area contributed by atoms with Gasteiger partial charge in [0.15, 0.2) is 5.82 Å². The first-order valence-corrected chi connectivity index (χ1v) is 6.95. The van der Waals surface area contributed by atoms with E-state index in [1.165, 1.54) is 0 Å². The summed E-state index contributed by atoms with van der Waals surface area (Å²) in [4.78, 5) is 8.73. The lowest BCUT2D eigenvalue weighted by Crippen LogP contribution is -2.01. The van der Waals surface area contributed by atoms with Crippen molar-refractivity contribution in [2.75, 3.05) is 7.11 Å². The van der Waals surface area contributed by atoms with Gasteiger partial charge >= 0.3 is 0 Å². The van der Waals surface area contributed by atoms with Crippen molar-refractivity contribution in [2.24, 2.45) is 0 Å². The van der Waals surface area contributed by atoms with E-state index in [0.29, 0.717) is 11.7 Å². The third-order valence-electron chi connectivity index (χ3n) is 3.38. The molecule has 1 atom stereocenters. The molecule has 0 aliphatic rings. The van der Waals surface area contributed by atoms with Gasteiger partial charge in [0.2, 0.25) is 5.82 Å². The zero-order valence-electron chi connectivity index (χ0n) is 12.9. The van der Waals surface area contributed by atoms with Crippen molar-refractivity contribution in [2.45, 2.75) is 26.9 Å². The smallest absolute Gasteiger partial charge is 0.259 e. The minimum atomic E-state index is -0.209. The Kier molecular flexibility index (Phi) is 3.72. The fourth-order valence-electron chi connectivity index (χ4n) is 2.12. The largest absolute Gasteiger partial charge is 0.374 e. The maximum absolute atomic E-state index is 5.24. The first-order valence-electron chi connectivity index (χ1n) is 6.95. The van der Waals surface area contributed by atoms with Gasteiger partial charge in [-0.15, -0.1) is 0 Å². The van der Waals surface area contributed by atoms with Crippen LogP contribution < -0.4 is 0 Å². The van der Waals surface area contributed by atoms with Crippen LogP contribution in [0.1, 0.15) is 30.2 Å². The van der Waals surface area contributed by atoms with Crippen molar-refractivity contribution < 1.29 is 9.26 Å². The molecule has 114 valence electrons. The Bertz CT molecular complexity index is 776. The molecule has 3 heterocycles. The molecule has 22 heavy (non-hydrogen) atoms. The number of aryl methyl sites for hydroxylation is 2. The number of hydrogen-bond donors (Lipinski definition) is 0. The molecule has 0 bridgehead atoms. The van der Waals surface area contributed by atoms with E-state index in [9.17, 15) is 0 Å². The SMILES string of the molecule is CO[C@H](C)c1noc(-c2ccc(-n3nc(C)cc3C)nc2)n1. The third kappa shape index (κ3) is 2.62. The summed E-state index contributed by atoms with van der Waals surface area (Å²) in [5.74, 6) is 1.69. The van der Waals surface area contributed by atoms with Gasteiger partial charge in [0.25, 0.3) is 5.89 Å². The molecule has 3 aromatic rings. The summed E-state index contributed by atoms with van der Waals surface area (Å²) in [6.45, 7) is 5.81. The minimum Gasteiger partial charge on any atom is -0.374 e. The standard InChI is InChI=1S/C15H17N5O2/c1-9-7-10(2)20(18-9)13-6-5-12(8-16-13)15-17-14(19-22-15)11(3)21-4/h5-8,11H,1-4H3/t11-/m1/s1. The molecule has 0 aliphatic carbocycles. The molecule has 0 fully saturated rings. The van der Waals surface area contributed by atoms with E-state index < -0.39 is 0 Å². The molecule has 7 nitrogen and oxygen atoms in total. The Hall–Kier alpha value is -2.54. The average molecular weight is 299 g/mol. The minimum absolute atomic E-state index is 0.209. The van der Waals surface area contributed by atoms with Crippen LogP contribution in [0.15, 0.2) is 28.9 Å². The van der Waals surface area contributed by atoms with E-state index >= 15 is 0 Å². The molecule has 0 saturated carbocycles. The molecule has 0 saturated heterocycles. The first-order chi connectivity index (χ1) is 10.6. The Balaban J connectivity index is 1.88. The summed E-state index contributed by atoms with van der Waals surface area (Å²) < 4.78 is 12.2. The summed E-state index contributed by atoms with van der Waals surface area (Å²) >= 11 is 0. The van der Waals surface area contributed by atoms with Gasteiger partial charge in [0.1, 0.15) is 6.10 Å². The monoisotopic (exact) mass is 299 g/mol. The third-order valence-corrected chi connectivity index (χ3v) is 3.38. The molecule has 3 rings (SSSR count).